The van der Waals surface area contributed by atoms with Gasteiger partial charge in [0.25, 0.3) is 5.91 Å². The van der Waals surface area contributed by atoms with Crippen LogP contribution >= 0.6 is 0 Å². The van der Waals surface area contributed by atoms with Crippen molar-refractivity contribution >= 4 is 5.91 Å². The Labute approximate surface area is 84.1 Å². The standard InChI is InChI=1S/C11H15NO2/c1-4-8(2)5-6-10-9(3)12-11(13)7-14-10/h5-6H,2,4,7H2,1,3H3,(H,12,13)/b6-5-. The van der Waals surface area contributed by atoms with Crippen LogP contribution in [0.15, 0.2) is 35.8 Å². The Morgan fingerprint density at radius 2 is 2.43 bits per heavy atom. The van der Waals surface area contributed by atoms with E-state index in [9.17, 15) is 4.79 Å². The highest BCUT2D eigenvalue weighted by Gasteiger charge is 2.13. The van der Waals surface area contributed by atoms with Gasteiger partial charge in [-0.3, -0.25) is 4.79 Å². The lowest BCUT2D eigenvalue weighted by Gasteiger charge is -2.17. The number of amides is 1. The van der Waals surface area contributed by atoms with Crippen LogP contribution < -0.4 is 5.32 Å². The second-order valence-corrected chi connectivity index (χ2v) is 3.17. The van der Waals surface area contributed by atoms with Crippen LogP contribution in [0.2, 0.25) is 0 Å². The van der Waals surface area contributed by atoms with E-state index in [2.05, 4.69) is 11.9 Å². The molecule has 76 valence electrons. The molecule has 0 aliphatic carbocycles. The van der Waals surface area contributed by atoms with E-state index in [0.29, 0.717) is 5.76 Å². The first-order valence-corrected chi connectivity index (χ1v) is 4.63. The zero-order valence-electron chi connectivity index (χ0n) is 8.59. The van der Waals surface area contributed by atoms with Crippen molar-refractivity contribution in [2.75, 3.05) is 6.61 Å². The summed E-state index contributed by atoms with van der Waals surface area (Å²) in [6, 6.07) is 0. The summed E-state index contributed by atoms with van der Waals surface area (Å²) in [6.07, 6.45) is 4.64. The Morgan fingerprint density at radius 3 is 3.00 bits per heavy atom. The van der Waals surface area contributed by atoms with Crippen molar-refractivity contribution in [2.45, 2.75) is 20.3 Å². The van der Waals surface area contributed by atoms with Crippen LogP contribution in [0.5, 0.6) is 0 Å². The van der Waals surface area contributed by atoms with Gasteiger partial charge in [-0.2, -0.15) is 0 Å². The minimum atomic E-state index is -0.103. The van der Waals surface area contributed by atoms with Gasteiger partial charge in [0.2, 0.25) is 0 Å². The first kappa shape index (κ1) is 10.6. The molecule has 3 nitrogen and oxygen atoms in total. The van der Waals surface area contributed by atoms with Gasteiger partial charge in [0, 0.05) is 0 Å². The zero-order valence-corrected chi connectivity index (χ0v) is 8.59. The van der Waals surface area contributed by atoms with Gasteiger partial charge >= 0.3 is 0 Å². The summed E-state index contributed by atoms with van der Waals surface area (Å²) in [5.41, 5.74) is 1.78. The molecule has 14 heavy (non-hydrogen) atoms. The van der Waals surface area contributed by atoms with Gasteiger partial charge in [0.05, 0.1) is 5.70 Å². The molecule has 0 atom stereocenters. The summed E-state index contributed by atoms with van der Waals surface area (Å²) in [6.45, 7) is 7.79. The Hall–Kier alpha value is -1.51. The summed E-state index contributed by atoms with van der Waals surface area (Å²) in [4.78, 5) is 10.9. The van der Waals surface area contributed by atoms with Gasteiger partial charge in [-0.05, 0) is 19.4 Å². The molecule has 0 aromatic carbocycles. The number of nitrogens with one attached hydrogen (secondary N) is 1. The fraction of sp³-hybridized carbons (Fsp3) is 0.364. The first-order chi connectivity index (χ1) is 6.63. The molecule has 1 amide bonds. The summed E-state index contributed by atoms with van der Waals surface area (Å²) < 4.78 is 5.24. The molecular weight excluding hydrogens is 178 g/mol. The summed E-state index contributed by atoms with van der Waals surface area (Å²) in [7, 11) is 0. The highest BCUT2D eigenvalue weighted by atomic mass is 16.5. The van der Waals surface area contributed by atoms with E-state index in [4.69, 9.17) is 4.74 Å². The summed E-state index contributed by atoms with van der Waals surface area (Å²) >= 11 is 0. The van der Waals surface area contributed by atoms with Crippen molar-refractivity contribution < 1.29 is 9.53 Å². The van der Waals surface area contributed by atoms with E-state index in [-0.39, 0.29) is 12.5 Å². The van der Waals surface area contributed by atoms with Crippen LogP contribution in [-0.2, 0) is 9.53 Å². The molecular formula is C11H15NO2. The van der Waals surface area contributed by atoms with Crippen LogP contribution in [0, 0.1) is 0 Å². The molecule has 1 aliphatic rings. The lowest BCUT2D eigenvalue weighted by Crippen LogP contribution is -2.31. The maximum absolute atomic E-state index is 10.9. The van der Waals surface area contributed by atoms with Crippen LogP contribution in [0.1, 0.15) is 20.3 Å². The van der Waals surface area contributed by atoms with Gasteiger partial charge in [0.15, 0.2) is 6.61 Å². The highest BCUT2D eigenvalue weighted by molar-refractivity contribution is 5.80. The normalized spacial score (nSPS) is 16.9. The zero-order chi connectivity index (χ0) is 10.6. The average Bonchev–Trinajstić information content (AvgIpc) is 2.16. The maximum atomic E-state index is 10.9. The van der Waals surface area contributed by atoms with Gasteiger partial charge in [-0.25, -0.2) is 0 Å². The number of rotatable bonds is 3. The maximum Gasteiger partial charge on any atom is 0.262 e. The van der Waals surface area contributed by atoms with Crippen molar-refractivity contribution in [1.29, 1.82) is 0 Å². The number of hydrogen-bond donors (Lipinski definition) is 1. The van der Waals surface area contributed by atoms with E-state index >= 15 is 0 Å². The fourth-order valence-corrected chi connectivity index (χ4v) is 1.04. The van der Waals surface area contributed by atoms with Crippen LogP contribution in [0.25, 0.3) is 0 Å². The number of hydrogen-bond acceptors (Lipinski definition) is 2. The smallest absolute Gasteiger partial charge is 0.262 e. The second-order valence-electron chi connectivity index (χ2n) is 3.17. The third-order valence-electron chi connectivity index (χ3n) is 1.98. The van der Waals surface area contributed by atoms with Gasteiger partial charge in [-0.1, -0.05) is 25.2 Å². The molecule has 0 saturated carbocycles. The first-order valence-electron chi connectivity index (χ1n) is 4.63. The Morgan fingerprint density at radius 1 is 1.71 bits per heavy atom. The molecule has 0 saturated heterocycles. The molecule has 0 aromatic rings. The predicted molar refractivity (Wildman–Crippen MR) is 55.4 cm³/mol. The lowest BCUT2D eigenvalue weighted by molar-refractivity contribution is -0.124. The lowest BCUT2D eigenvalue weighted by atomic mass is 10.2. The van der Waals surface area contributed by atoms with Crippen LogP contribution in [0.4, 0.5) is 0 Å². The number of allylic oxidation sites excluding steroid dienone is 4. The topological polar surface area (TPSA) is 38.3 Å². The van der Waals surface area contributed by atoms with Crippen molar-refractivity contribution in [1.82, 2.24) is 5.32 Å². The van der Waals surface area contributed by atoms with E-state index in [1.165, 1.54) is 0 Å². The van der Waals surface area contributed by atoms with Crippen molar-refractivity contribution in [2.24, 2.45) is 0 Å². The molecule has 0 radical (unpaired) electrons. The number of ether oxygens (including phenoxy) is 1. The molecule has 0 spiro atoms. The molecule has 0 fully saturated rings. The number of carbonyl (C=O) groups excluding carboxylic acids is 1. The SMILES string of the molecule is C=C(/C=C\C1=C(C)NC(=O)CO1)CC. The quantitative estimate of drug-likeness (QED) is 0.695. The van der Waals surface area contributed by atoms with Gasteiger partial charge in [0.1, 0.15) is 5.76 Å². The Balaban J connectivity index is 2.69. The summed E-state index contributed by atoms with van der Waals surface area (Å²) in [5.74, 6) is 0.605. The fourth-order valence-electron chi connectivity index (χ4n) is 1.04. The third-order valence-corrected chi connectivity index (χ3v) is 1.98. The molecule has 1 N–H and O–H groups in total. The monoisotopic (exact) mass is 193 g/mol. The molecule has 1 rings (SSSR count). The molecule has 0 bridgehead atoms. The van der Waals surface area contributed by atoms with Crippen molar-refractivity contribution in [3.8, 4) is 0 Å². The third kappa shape index (κ3) is 2.76. The molecule has 0 unspecified atom stereocenters. The minimum absolute atomic E-state index is 0.0929. The summed E-state index contributed by atoms with van der Waals surface area (Å²) in [5, 5.41) is 2.71. The Bertz CT molecular complexity index is 313. The van der Waals surface area contributed by atoms with Crippen molar-refractivity contribution in [3.63, 3.8) is 0 Å². The molecule has 3 heteroatoms. The van der Waals surface area contributed by atoms with Gasteiger partial charge < -0.3 is 10.1 Å². The number of carbonyl (C=O) groups is 1. The molecule has 1 heterocycles. The van der Waals surface area contributed by atoms with Crippen molar-refractivity contribution in [3.05, 3.63) is 35.8 Å². The van der Waals surface area contributed by atoms with E-state index in [0.717, 1.165) is 17.7 Å². The van der Waals surface area contributed by atoms with E-state index in [1.807, 2.05) is 26.0 Å². The van der Waals surface area contributed by atoms with E-state index in [1.54, 1.807) is 0 Å². The highest BCUT2D eigenvalue weighted by Crippen LogP contribution is 2.11. The molecule has 0 aromatic heterocycles. The largest absolute Gasteiger partial charge is 0.482 e. The van der Waals surface area contributed by atoms with Gasteiger partial charge in [-0.15, -0.1) is 0 Å². The van der Waals surface area contributed by atoms with Crippen LogP contribution in [0.3, 0.4) is 0 Å². The second kappa shape index (κ2) is 4.65. The molecule has 1 aliphatic heterocycles. The predicted octanol–water partition coefficient (Wildman–Crippen LogP) is 1.89. The Kier molecular flexibility index (Phi) is 3.51. The van der Waals surface area contributed by atoms with E-state index < -0.39 is 0 Å². The van der Waals surface area contributed by atoms with Crippen LogP contribution in [-0.4, -0.2) is 12.5 Å². The minimum Gasteiger partial charge on any atom is -0.482 e. The average molecular weight is 193 g/mol.